The molecule has 43 heavy (non-hydrogen) atoms. The summed E-state index contributed by atoms with van der Waals surface area (Å²) in [7, 11) is -2.82. The van der Waals surface area contributed by atoms with Crippen LogP contribution in [0.1, 0.15) is 15.9 Å². The van der Waals surface area contributed by atoms with Gasteiger partial charge in [0.1, 0.15) is 17.2 Å². The van der Waals surface area contributed by atoms with Gasteiger partial charge in [-0.25, -0.2) is 23.0 Å². The molecule has 0 saturated carbocycles. The second-order valence-electron chi connectivity index (χ2n) is 8.82. The maximum atomic E-state index is 13.0. The topological polar surface area (TPSA) is 187 Å². The molecule has 16 heteroatoms. The van der Waals surface area contributed by atoms with E-state index in [1.807, 2.05) is 60.7 Å². The van der Waals surface area contributed by atoms with E-state index in [1.165, 1.54) is 7.11 Å². The maximum Gasteiger partial charge on any atom is 0.271 e. The second-order valence-corrected chi connectivity index (χ2v) is 11.3. The van der Waals surface area contributed by atoms with Crippen molar-refractivity contribution in [1.82, 2.24) is 9.71 Å². The molecule has 0 aliphatic rings. The van der Waals surface area contributed by atoms with E-state index in [1.54, 1.807) is 17.7 Å². The number of nitro benzene ring substituents is 1. The molecule has 0 fully saturated rings. The van der Waals surface area contributed by atoms with Crippen LogP contribution in [0.15, 0.2) is 94.0 Å². The van der Waals surface area contributed by atoms with Crippen LogP contribution in [0.3, 0.4) is 0 Å². The minimum atomic E-state index is -4.03. The maximum absolute atomic E-state index is 13.0. The summed E-state index contributed by atoms with van der Waals surface area (Å²) in [6.45, 7) is 1.78. The molecule has 1 amide bonds. The van der Waals surface area contributed by atoms with E-state index in [2.05, 4.69) is 30.7 Å². The van der Waals surface area contributed by atoms with E-state index in [0.717, 1.165) is 24.1 Å². The molecule has 4 aromatic rings. The molecule has 1 heterocycles. The molecular formula is C27H25N7O7S2. The second kappa shape index (κ2) is 13.8. The monoisotopic (exact) mass is 623 g/mol. The molecular weight excluding hydrogens is 598 g/mol. The highest BCUT2D eigenvalue weighted by atomic mass is 32.2. The van der Waals surface area contributed by atoms with Crippen LogP contribution in [0.2, 0.25) is 0 Å². The molecule has 0 aliphatic carbocycles. The molecule has 0 bridgehead atoms. The molecule has 0 spiro atoms. The van der Waals surface area contributed by atoms with E-state index in [9.17, 15) is 23.3 Å². The lowest BCUT2D eigenvalue weighted by Crippen LogP contribution is -2.29. The number of sulfonamides is 1. The molecule has 3 N–H and O–H groups in total. The highest BCUT2D eigenvalue weighted by Crippen LogP contribution is 2.40. The number of azo groups is 1. The summed E-state index contributed by atoms with van der Waals surface area (Å²) < 4.78 is 30.3. The van der Waals surface area contributed by atoms with Crippen molar-refractivity contribution in [3.63, 3.8) is 0 Å². The summed E-state index contributed by atoms with van der Waals surface area (Å²) in [5, 5.41) is 26.7. The van der Waals surface area contributed by atoms with Gasteiger partial charge in [-0.15, -0.1) is 10.2 Å². The van der Waals surface area contributed by atoms with Crippen LogP contribution in [-0.2, 0) is 19.2 Å². The third kappa shape index (κ3) is 8.55. The third-order valence-electron chi connectivity index (χ3n) is 5.50. The first-order chi connectivity index (χ1) is 20.5. The van der Waals surface area contributed by atoms with Crippen molar-refractivity contribution >= 4 is 68.0 Å². The number of non-ortho nitro benzene ring substituents is 1. The molecule has 4 rings (SSSR count). The van der Waals surface area contributed by atoms with E-state index < -0.39 is 32.1 Å². The Bertz CT molecular complexity index is 1770. The molecule has 0 unspecified atom stereocenters. The van der Waals surface area contributed by atoms with Crippen molar-refractivity contribution < 1.29 is 27.4 Å². The molecule has 14 nitrogen and oxygen atoms in total. The number of para-hydroxylation sites is 2. The fourth-order valence-electron chi connectivity index (χ4n) is 3.70. The van der Waals surface area contributed by atoms with Crippen LogP contribution in [0.5, 0.6) is 0 Å². The molecule has 222 valence electrons. The van der Waals surface area contributed by atoms with Gasteiger partial charge >= 0.3 is 0 Å². The van der Waals surface area contributed by atoms with Crippen molar-refractivity contribution in [2.24, 2.45) is 10.2 Å². The number of aryl methyl sites for hydroxylation is 1. The number of nitro groups is 1. The first kappa shape index (κ1) is 31.0. The van der Waals surface area contributed by atoms with Gasteiger partial charge in [-0.3, -0.25) is 14.9 Å². The van der Waals surface area contributed by atoms with Crippen molar-refractivity contribution in [1.29, 1.82) is 0 Å². The average Bonchev–Trinajstić information content (AvgIpc) is 2.95. The number of amides is 1. The van der Waals surface area contributed by atoms with Crippen LogP contribution >= 0.6 is 12.0 Å². The van der Waals surface area contributed by atoms with Crippen molar-refractivity contribution in [3.05, 3.63) is 100 Å². The number of carbonyl (C=O) groups is 1. The zero-order valence-corrected chi connectivity index (χ0v) is 24.6. The van der Waals surface area contributed by atoms with Gasteiger partial charge in [0.15, 0.2) is 5.82 Å². The lowest BCUT2D eigenvalue weighted by atomic mass is 10.1. The van der Waals surface area contributed by atoms with E-state index in [0.29, 0.717) is 34.9 Å². The van der Waals surface area contributed by atoms with E-state index in [-0.39, 0.29) is 16.3 Å². The molecule has 0 atom stereocenters. The molecule has 0 radical (unpaired) electrons. The summed E-state index contributed by atoms with van der Waals surface area (Å²) in [4.78, 5) is 33.1. The van der Waals surface area contributed by atoms with Gasteiger partial charge in [0.25, 0.3) is 11.6 Å². The minimum absolute atomic E-state index is 0.0380. The predicted molar refractivity (Wildman–Crippen MR) is 162 cm³/mol. The average molecular weight is 624 g/mol. The zero-order chi connectivity index (χ0) is 31.0. The Kier molecular flexibility index (Phi) is 9.99. The Balaban J connectivity index is 1.86. The van der Waals surface area contributed by atoms with Gasteiger partial charge in [0.2, 0.25) is 10.0 Å². The number of hydrogen-bond acceptors (Lipinski definition) is 13. The first-order valence-electron chi connectivity index (χ1n) is 12.3. The lowest BCUT2D eigenvalue weighted by molar-refractivity contribution is -0.385. The summed E-state index contributed by atoms with van der Waals surface area (Å²) in [6, 6.07) is 22.3. The van der Waals surface area contributed by atoms with Gasteiger partial charge in [-0.05, 0) is 42.8 Å². The Labute approximate surface area is 250 Å². The zero-order valence-electron chi connectivity index (χ0n) is 23.0. The van der Waals surface area contributed by atoms with Gasteiger partial charge in [-0.2, -0.15) is 4.33 Å². The largest absolute Gasteiger partial charge is 0.340 e. The molecule has 0 saturated heterocycles. The first-order valence-corrected chi connectivity index (χ1v) is 15.0. The van der Waals surface area contributed by atoms with E-state index in [4.69, 9.17) is 4.33 Å². The SMILES string of the molecule is COOSc1cc([N+](=O)[O-])cc(C(=O)NS(C)(=O)=O)c1N=Nc1c(C)cc(Nc2ccccc2)nc1Nc1ccccc1. The van der Waals surface area contributed by atoms with E-state index >= 15 is 0 Å². The lowest BCUT2D eigenvalue weighted by Gasteiger charge is -2.14. The molecule has 3 aromatic carbocycles. The van der Waals surface area contributed by atoms with Crippen LogP contribution in [0.25, 0.3) is 0 Å². The Morgan fingerprint density at radius 3 is 2.14 bits per heavy atom. The smallest absolute Gasteiger partial charge is 0.271 e. The quantitative estimate of drug-likeness (QED) is 0.0516. The Hall–Kier alpha value is -4.90. The Morgan fingerprint density at radius 1 is 0.953 bits per heavy atom. The highest BCUT2D eigenvalue weighted by molar-refractivity contribution is 7.94. The number of aromatic nitrogens is 1. The molecule has 0 aliphatic heterocycles. The van der Waals surface area contributed by atoms with Crippen molar-refractivity contribution in [3.8, 4) is 0 Å². The number of pyridine rings is 1. The summed E-state index contributed by atoms with van der Waals surface area (Å²) in [5.74, 6) is -0.339. The third-order valence-corrected chi connectivity index (χ3v) is 6.75. The number of carbonyl (C=O) groups excluding carboxylic acids is 1. The number of hydrogen-bond donors (Lipinski definition) is 3. The summed E-state index contributed by atoms with van der Waals surface area (Å²) in [6.07, 6.45) is 0.773. The van der Waals surface area contributed by atoms with Crippen LogP contribution < -0.4 is 15.4 Å². The highest BCUT2D eigenvalue weighted by Gasteiger charge is 2.25. The van der Waals surface area contributed by atoms with Crippen LogP contribution in [0.4, 0.5) is 40.1 Å². The number of nitrogens with one attached hydrogen (secondary N) is 3. The van der Waals surface area contributed by atoms with Gasteiger partial charge in [0, 0.05) is 23.5 Å². The van der Waals surface area contributed by atoms with Crippen LogP contribution in [-0.4, -0.2) is 37.6 Å². The van der Waals surface area contributed by atoms with Gasteiger partial charge in [-0.1, -0.05) is 36.4 Å². The number of benzene rings is 3. The number of anilines is 4. The normalized spacial score (nSPS) is 11.3. The predicted octanol–water partition coefficient (Wildman–Crippen LogP) is 6.48. The number of rotatable bonds is 12. The summed E-state index contributed by atoms with van der Waals surface area (Å²) in [5.41, 5.74) is 1.26. The minimum Gasteiger partial charge on any atom is -0.340 e. The van der Waals surface area contributed by atoms with Gasteiger partial charge in [0.05, 0.1) is 40.8 Å². The van der Waals surface area contributed by atoms with Crippen LogP contribution in [0, 0.1) is 17.0 Å². The fraction of sp³-hybridized carbons (Fsp3) is 0.111. The standard InChI is InChI=1S/C27H25N7O7S2/c1-17-14-23(28-18-10-6-4-7-11-18)30-26(29-19-12-8-5-9-13-19)24(17)31-32-25-21(27(35)33-43(3,38)39)15-20(34(36)37)16-22(25)42-41-40-2/h4-16H,1-3H3,(H,33,35)(H2,28,29,30). The Morgan fingerprint density at radius 2 is 1.56 bits per heavy atom. The van der Waals surface area contributed by atoms with Crippen molar-refractivity contribution in [2.75, 3.05) is 24.0 Å². The molecule has 1 aromatic heterocycles. The van der Waals surface area contributed by atoms with Crippen molar-refractivity contribution in [2.45, 2.75) is 11.8 Å². The van der Waals surface area contributed by atoms with Gasteiger partial charge < -0.3 is 10.6 Å². The number of nitrogens with zero attached hydrogens (tertiary/aromatic N) is 4. The fourth-order valence-corrected chi connectivity index (χ4v) is 4.69. The summed E-state index contributed by atoms with van der Waals surface area (Å²) >= 11 is 0.527.